The predicted octanol–water partition coefficient (Wildman–Crippen LogP) is 10.2. The summed E-state index contributed by atoms with van der Waals surface area (Å²) >= 11 is 0. The number of phosphoric ester groups is 1. The fourth-order valence-electron chi connectivity index (χ4n) is 5.81. The number of carbonyl (C=O) groups is 2. The molecule has 1 aromatic rings. The molecule has 0 saturated heterocycles. The zero-order valence-electron chi connectivity index (χ0n) is 37.9. The standard InChI is InChI=1S/C48H78NO10P/c1-8-10-11-12-21-26-32-43(50)33-27-22-17-15-13-14-16-18-24-29-35-47(51)55-39-44(40-57-60(53,54)56-38-37-49(5,6)7)58-48(52)36-30-25-20-19-23-28-34-46-42(4)41(3)45(59-46)31-9-2/h10-11,13-14,17-18,21-22,24,26-27,33,43-44,50H,8-9,12,15-16,19-20,23,25,28-32,34-40H2,1-7H3/b11-10-,14-13-,22-17-,24-18-,26-21-,33-27+/t43?,44-/m1/s1. The van der Waals surface area contributed by atoms with Crippen molar-refractivity contribution in [1.82, 2.24) is 0 Å². The molecule has 1 heterocycles. The van der Waals surface area contributed by atoms with Crippen LogP contribution >= 0.6 is 7.82 Å². The smallest absolute Gasteiger partial charge is 0.306 e. The molecule has 12 heteroatoms. The van der Waals surface area contributed by atoms with Crippen LogP contribution < -0.4 is 4.89 Å². The van der Waals surface area contributed by atoms with Crippen LogP contribution in [0.5, 0.6) is 0 Å². The van der Waals surface area contributed by atoms with E-state index >= 15 is 0 Å². The third-order valence-corrected chi connectivity index (χ3v) is 10.5. The second-order valence-corrected chi connectivity index (χ2v) is 17.5. The number of unbranched alkanes of at least 4 members (excludes halogenated alkanes) is 5. The molecule has 2 unspecified atom stereocenters. The minimum Gasteiger partial charge on any atom is -0.756 e. The van der Waals surface area contributed by atoms with Crippen molar-refractivity contribution in [3.05, 3.63) is 95.6 Å². The highest BCUT2D eigenvalue weighted by molar-refractivity contribution is 7.45. The van der Waals surface area contributed by atoms with Crippen molar-refractivity contribution in [3.8, 4) is 0 Å². The summed E-state index contributed by atoms with van der Waals surface area (Å²) in [4.78, 5) is 37.6. The van der Waals surface area contributed by atoms with Gasteiger partial charge in [-0.2, -0.15) is 0 Å². The average molecular weight is 860 g/mol. The number of rotatable bonds is 35. The molecule has 340 valence electrons. The van der Waals surface area contributed by atoms with Gasteiger partial charge in [0.15, 0.2) is 6.10 Å². The first kappa shape index (κ1) is 54.7. The lowest BCUT2D eigenvalue weighted by molar-refractivity contribution is -0.870. The number of ether oxygens (including phenoxy) is 2. The van der Waals surface area contributed by atoms with E-state index in [1.807, 2.05) is 69.8 Å². The highest BCUT2D eigenvalue weighted by Crippen LogP contribution is 2.38. The second-order valence-electron chi connectivity index (χ2n) is 16.1. The number of hydrogen-bond donors (Lipinski definition) is 1. The fraction of sp³-hybridized carbons (Fsp3) is 0.625. The Balaban J connectivity index is 2.44. The first-order chi connectivity index (χ1) is 28.7. The van der Waals surface area contributed by atoms with Gasteiger partial charge in [-0.1, -0.05) is 112 Å². The summed E-state index contributed by atoms with van der Waals surface area (Å²) < 4.78 is 39.9. The molecule has 0 saturated carbocycles. The molecule has 60 heavy (non-hydrogen) atoms. The molecule has 3 atom stereocenters. The number of aryl methyl sites for hydroxylation is 2. The number of quaternary nitrogens is 1. The number of carbonyl (C=O) groups excluding carboxylic acids is 2. The van der Waals surface area contributed by atoms with Gasteiger partial charge in [0.25, 0.3) is 7.82 Å². The normalized spacial score (nSPS) is 14.8. The minimum atomic E-state index is -4.67. The lowest BCUT2D eigenvalue weighted by Crippen LogP contribution is -2.37. The third-order valence-electron chi connectivity index (χ3n) is 9.51. The van der Waals surface area contributed by atoms with E-state index in [-0.39, 0.29) is 26.1 Å². The number of likely N-dealkylation sites (N-methyl/N-ethyl adjacent to an activating group) is 1. The zero-order chi connectivity index (χ0) is 44.5. The van der Waals surface area contributed by atoms with Gasteiger partial charge in [0.2, 0.25) is 0 Å². The first-order valence-electron chi connectivity index (χ1n) is 22.1. The van der Waals surface area contributed by atoms with Crippen LogP contribution in [0.25, 0.3) is 0 Å². The van der Waals surface area contributed by atoms with Gasteiger partial charge in [0.1, 0.15) is 31.3 Å². The molecular weight excluding hydrogens is 781 g/mol. The molecule has 1 N–H and O–H groups in total. The van der Waals surface area contributed by atoms with E-state index in [0.717, 1.165) is 82.1 Å². The molecule has 0 aliphatic carbocycles. The van der Waals surface area contributed by atoms with Crippen LogP contribution in [-0.4, -0.2) is 81.2 Å². The largest absolute Gasteiger partial charge is 0.756 e. The number of allylic oxidation sites excluding steroid dienone is 10. The number of nitrogens with zero attached hydrogens (tertiary/aromatic N) is 1. The summed E-state index contributed by atoms with van der Waals surface area (Å²) in [5.41, 5.74) is 2.55. The Morgan fingerprint density at radius 1 is 0.750 bits per heavy atom. The summed E-state index contributed by atoms with van der Waals surface area (Å²) in [7, 11) is 1.05. The molecule has 0 spiro atoms. The van der Waals surface area contributed by atoms with Crippen molar-refractivity contribution < 1.29 is 51.6 Å². The minimum absolute atomic E-state index is 0.0636. The van der Waals surface area contributed by atoms with Crippen molar-refractivity contribution in [2.24, 2.45) is 0 Å². The van der Waals surface area contributed by atoms with Crippen molar-refractivity contribution >= 4 is 19.8 Å². The van der Waals surface area contributed by atoms with Gasteiger partial charge in [0, 0.05) is 25.7 Å². The fourth-order valence-corrected chi connectivity index (χ4v) is 6.54. The summed E-state index contributed by atoms with van der Waals surface area (Å²) in [6.07, 6.45) is 35.5. The van der Waals surface area contributed by atoms with Crippen LogP contribution in [0.2, 0.25) is 0 Å². The Bertz CT molecular complexity index is 1550. The number of hydrogen-bond acceptors (Lipinski definition) is 10. The summed E-state index contributed by atoms with van der Waals surface area (Å²) in [6.45, 7) is 8.06. The highest BCUT2D eigenvalue weighted by Gasteiger charge is 2.22. The number of phosphoric acid groups is 1. The molecule has 0 amide bonds. The number of aliphatic hydroxyl groups is 1. The molecule has 0 bridgehead atoms. The van der Waals surface area contributed by atoms with E-state index in [1.165, 1.54) is 11.1 Å². The van der Waals surface area contributed by atoms with Crippen LogP contribution in [0.1, 0.15) is 133 Å². The van der Waals surface area contributed by atoms with Crippen molar-refractivity contribution in [2.45, 2.75) is 149 Å². The molecule has 0 radical (unpaired) electrons. The van der Waals surface area contributed by atoms with Crippen LogP contribution in [0.15, 0.2) is 77.3 Å². The number of aliphatic hydroxyl groups excluding tert-OH is 1. The molecule has 0 aliphatic rings. The monoisotopic (exact) mass is 860 g/mol. The topological polar surface area (TPSA) is 145 Å². The number of esters is 2. The van der Waals surface area contributed by atoms with Gasteiger partial charge >= 0.3 is 11.9 Å². The van der Waals surface area contributed by atoms with E-state index in [2.05, 4.69) is 45.9 Å². The van der Waals surface area contributed by atoms with Crippen LogP contribution in [-0.2, 0) is 45.5 Å². The van der Waals surface area contributed by atoms with Crippen LogP contribution in [0, 0.1) is 13.8 Å². The Hall–Kier alpha value is -3.31. The Morgan fingerprint density at radius 2 is 1.37 bits per heavy atom. The van der Waals surface area contributed by atoms with E-state index in [0.29, 0.717) is 36.7 Å². The maximum Gasteiger partial charge on any atom is 0.306 e. The number of furan rings is 1. The zero-order valence-corrected chi connectivity index (χ0v) is 38.8. The summed E-state index contributed by atoms with van der Waals surface area (Å²) in [6, 6.07) is 0. The molecule has 0 fully saturated rings. The van der Waals surface area contributed by atoms with Gasteiger partial charge in [0.05, 0.1) is 33.9 Å². The van der Waals surface area contributed by atoms with E-state index < -0.39 is 38.6 Å². The summed E-state index contributed by atoms with van der Waals surface area (Å²) in [5, 5.41) is 10.0. The maximum absolute atomic E-state index is 12.7. The van der Waals surface area contributed by atoms with Crippen molar-refractivity contribution in [3.63, 3.8) is 0 Å². The van der Waals surface area contributed by atoms with Gasteiger partial charge in [-0.15, -0.1) is 0 Å². The molecule has 11 nitrogen and oxygen atoms in total. The molecule has 0 aliphatic heterocycles. The lowest BCUT2D eigenvalue weighted by atomic mass is 10.0. The molecule has 0 aromatic carbocycles. The van der Waals surface area contributed by atoms with Crippen LogP contribution in [0.3, 0.4) is 0 Å². The highest BCUT2D eigenvalue weighted by atomic mass is 31.2. The van der Waals surface area contributed by atoms with E-state index in [4.69, 9.17) is 22.9 Å². The maximum atomic E-state index is 12.7. The van der Waals surface area contributed by atoms with Crippen molar-refractivity contribution in [2.75, 3.05) is 47.5 Å². The average Bonchev–Trinajstić information content (AvgIpc) is 3.45. The van der Waals surface area contributed by atoms with Gasteiger partial charge in [-0.3, -0.25) is 14.2 Å². The van der Waals surface area contributed by atoms with E-state index in [9.17, 15) is 24.2 Å². The van der Waals surface area contributed by atoms with Gasteiger partial charge < -0.3 is 37.4 Å². The Labute approximate surface area is 362 Å². The first-order valence-corrected chi connectivity index (χ1v) is 23.6. The predicted molar refractivity (Wildman–Crippen MR) is 240 cm³/mol. The molecule has 1 aromatic heterocycles. The Kier molecular flexibility index (Phi) is 30.4. The summed E-state index contributed by atoms with van der Waals surface area (Å²) in [5.74, 6) is 1.20. The van der Waals surface area contributed by atoms with Gasteiger partial charge in [-0.05, 0) is 82.8 Å². The van der Waals surface area contributed by atoms with E-state index in [1.54, 1.807) is 6.08 Å². The third kappa shape index (κ3) is 29.8. The molecule has 1 rings (SSSR count). The Morgan fingerprint density at radius 3 is 2.05 bits per heavy atom. The lowest BCUT2D eigenvalue weighted by Gasteiger charge is -2.28. The molecular formula is C48H78NO10P. The van der Waals surface area contributed by atoms with Crippen molar-refractivity contribution in [1.29, 1.82) is 0 Å². The van der Waals surface area contributed by atoms with Gasteiger partial charge in [-0.25, -0.2) is 0 Å². The second kappa shape index (κ2) is 33.3. The SMILES string of the molecule is CC/C=C\C/C=C\CC(O)/C=C/C=C\C/C=C\C/C=C\CCC(=O)OC[C@H](COP(=O)([O-])OCC[N+](C)(C)C)OC(=O)CCCCCCCCc1oc(CCC)c(C)c1C. The van der Waals surface area contributed by atoms with Crippen LogP contribution in [0.4, 0.5) is 0 Å². The quantitative estimate of drug-likeness (QED) is 0.0175.